The van der Waals surface area contributed by atoms with Gasteiger partial charge in [0.25, 0.3) is 0 Å². The van der Waals surface area contributed by atoms with Crippen LogP contribution in [0.3, 0.4) is 0 Å². The fourth-order valence-corrected chi connectivity index (χ4v) is 5.37. The maximum atomic E-state index is 12.3. The van der Waals surface area contributed by atoms with Crippen LogP contribution in [0.4, 0.5) is 5.69 Å². The van der Waals surface area contributed by atoms with Crippen LogP contribution in [0.5, 0.6) is 0 Å². The quantitative estimate of drug-likeness (QED) is 0.0811. The SMILES string of the molecule is CCCCCCCCNC(=O)C=Cc1ccc(-c2nc(-c3ccc(N(CC)CC)cc3)[nH]c2-c2ccc(C=CC(=O)O)cc2)cc1. The van der Waals surface area contributed by atoms with E-state index in [9.17, 15) is 9.59 Å². The van der Waals surface area contributed by atoms with E-state index < -0.39 is 5.97 Å². The molecule has 1 amide bonds. The van der Waals surface area contributed by atoms with Gasteiger partial charge >= 0.3 is 5.97 Å². The summed E-state index contributed by atoms with van der Waals surface area (Å²) in [6.07, 6.45) is 13.3. The zero-order chi connectivity index (χ0) is 32.7. The van der Waals surface area contributed by atoms with E-state index in [0.717, 1.165) is 77.0 Å². The zero-order valence-electron chi connectivity index (χ0n) is 27.3. The molecule has 0 spiro atoms. The third-order valence-corrected chi connectivity index (χ3v) is 8.03. The number of carbonyl (C=O) groups excluding carboxylic acids is 1. The molecule has 4 rings (SSSR count). The predicted octanol–water partition coefficient (Wildman–Crippen LogP) is 8.84. The van der Waals surface area contributed by atoms with Crippen LogP contribution >= 0.6 is 0 Å². The summed E-state index contributed by atoms with van der Waals surface area (Å²) in [7, 11) is 0. The van der Waals surface area contributed by atoms with Crippen LogP contribution in [0.1, 0.15) is 70.4 Å². The molecule has 0 fully saturated rings. The number of rotatable bonds is 17. The molecular formula is C39H46N4O3. The van der Waals surface area contributed by atoms with Gasteiger partial charge in [0.15, 0.2) is 0 Å². The summed E-state index contributed by atoms with van der Waals surface area (Å²) >= 11 is 0. The summed E-state index contributed by atoms with van der Waals surface area (Å²) in [5.74, 6) is -0.300. The molecular weight excluding hydrogens is 572 g/mol. The first kappa shape index (κ1) is 34.0. The largest absolute Gasteiger partial charge is 0.478 e. The van der Waals surface area contributed by atoms with Crippen molar-refractivity contribution in [1.29, 1.82) is 0 Å². The van der Waals surface area contributed by atoms with Gasteiger partial charge in [0.2, 0.25) is 5.91 Å². The second kappa shape index (κ2) is 17.5. The second-order valence-electron chi connectivity index (χ2n) is 11.3. The third kappa shape index (κ3) is 9.80. The summed E-state index contributed by atoms with van der Waals surface area (Å²) < 4.78 is 0. The number of H-pyrrole nitrogens is 1. The van der Waals surface area contributed by atoms with E-state index in [0.29, 0.717) is 6.54 Å². The maximum Gasteiger partial charge on any atom is 0.328 e. The molecule has 0 aliphatic carbocycles. The first-order chi connectivity index (χ1) is 22.4. The van der Waals surface area contributed by atoms with Crippen molar-refractivity contribution in [3.8, 4) is 33.9 Å². The van der Waals surface area contributed by atoms with E-state index in [2.05, 4.69) is 60.2 Å². The molecule has 1 heterocycles. The number of hydrogen-bond donors (Lipinski definition) is 3. The number of aliphatic carboxylic acids is 1. The maximum absolute atomic E-state index is 12.3. The van der Waals surface area contributed by atoms with Crippen LogP contribution < -0.4 is 10.2 Å². The van der Waals surface area contributed by atoms with Gasteiger partial charge in [-0.15, -0.1) is 0 Å². The molecule has 3 N–H and O–H groups in total. The number of nitrogens with one attached hydrogen (secondary N) is 2. The Balaban J connectivity index is 1.54. The van der Waals surface area contributed by atoms with E-state index in [1.165, 1.54) is 31.4 Å². The number of amides is 1. The Morgan fingerprint density at radius 1 is 0.739 bits per heavy atom. The highest BCUT2D eigenvalue weighted by atomic mass is 16.4. The minimum Gasteiger partial charge on any atom is -0.478 e. The van der Waals surface area contributed by atoms with Crippen LogP contribution in [0.2, 0.25) is 0 Å². The Morgan fingerprint density at radius 3 is 1.91 bits per heavy atom. The molecule has 0 aliphatic heterocycles. The molecule has 1 aromatic heterocycles. The lowest BCUT2D eigenvalue weighted by molar-refractivity contribution is -0.131. The Morgan fingerprint density at radius 2 is 1.30 bits per heavy atom. The number of carboxylic acid groups (broad SMARTS) is 1. The monoisotopic (exact) mass is 618 g/mol. The Bertz CT molecular complexity index is 1600. The van der Waals surface area contributed by atoms with Crippen molar-refractivity contribution < 1.29 is 14.7 Å². The molecule has 240 valence electrons. The fourth-order valence-electron chi connectivity index (χ4n) is 5.37. The van der Waals surface area contributed by atoms with Gasteiger partial charge in [-0.25, -0.2) is 9.78 Å². The lowest BCUT2D eigenvalue weighted by Crippen LogP contribution is -2.21. The van der Waals surface area contributed by atoms with Crippen molar-refractivity contribution in [3.63, 3.8) is 0 Å². The van der Waals surface area contributed by atoms with Crippen LogP contribution in [0, 0.1) is 0 Å². The summed E-state index contributed by atoms with van der Waals surface area (Å²) in [5.41, 5.74) is 7.44. The number of imidazole rings is 1. The van der Waals surface area contributed by atoms with Crippen molar-refractivity contribution in [2.24, 2.45) is 0 Å². The number of nitrogens with zero attached hydrogens (tertiary/aromatic N) is 2. The number of carboxylic acids is 1. The number of aromatic nitrogens is 2. The topological polar surface area (TPSA) is 98.3 Å². The number of aromatic amines is 1. The van der Waals surface area contributed by atoms with Crippen LogP contribution in [0.15, 0.2) is 84.9 Å². The summed E-state index contributed by atoms with van der Waals surface area (Å²) in [5, 5.41) is 12.0. The summed E-state index contributed by atoms with van der Waals surface area (Å²) in [6.45, 7) is 9.10. The second-order valence-corrected chi connectivity index (χ2v) is 11.3. The molecule has 7 heteroatoms. The van der Waals surface area contributed by atoms with Gasteiger partial charge in [0.05, 0.1) is 11.4 Å². The van der Waals surface area contributed by atoms with Gasteiger partial charge in [-0.2, -0.15) is 0 Å². The van der Waals surface area contributed by atoms with Gasteiger partial charge in [-0.1, -0.05) is 87.6 Å². The normalized spacial score (nSPS) is 11.4. The van der Waals surface area contributed by atoms with Crippen molar-refractivity contribution in [2.45, 2.75) is 59.3 Å². The number of benzene rings is 3. The van der Waals surface area contributed by atoms with Crippen LogP contribution in [-0.4, -0.2) is 46.6 Å². The molecule has 7 nitrogen and oxygen atoms in total. The molecule has 46 heavy (non-hydrogen) atoms. The molecule has 0 saturated heterocycles. The van der Waals surface area contributed by atoms with E-state index in [1.807, 2.05) is 54.6 Å². The summed E-state index contributed by atoms with van der Waals surface area (Å²) in [6, 6.07) is 24.2. The standard InChI is InChI=1S/C39H46N4O3/c1-4-7-8-9-10-11-28-40-35(44)26-16-29-12-18-31(19-13-29)37-38(32-20-14-30(15-21-32)17-27-36(45)46)42-39(41-37)33-22-24-34(25-23-33)43(5-2)6-3/h12-27H,4-11,28H2,1-3H3,(H,40,44)(H,41,42)(H,45,46). The average Bonchev–Trinajstić information content (AvgIpc) is 3.53. The lowest BCUT2D eigenvalue weighted by Gasteiger charge is -2.20. The van der Waals surface area contributed by atoms with Gasteiger partial charge in [0, 0.05) is 54.2 Å². The van der Waals surface area contributed by atoms with E-state index in [4.69, 9.17) is 10.1 Å². The Labute approximate surface area is 273 Å². The molecule has 3 aromatic carbocycles. The van der Waals surface area contributed by atoms with E-state index in [-0.39, 0.29) is 5.91 Å². The third-order valence-electron chi connectivity index (χ3n) is 8.03. The predicted molar refractivity (Wildman–Crippen MR) is 191 cm³/mol. The van der Waals surface area contributed by atoms with E-state index in [1.54, 1.807) is 12.2 Å². The molecule has 0 atom stereocenters. The molecule has 0 unspecified atom stereocenters. The van der Waals surface area contributed by atoms with Gasteiger partial charge in [-0.3, -0.25) is 4.79 Å². The highest BCUT2D eigenvalue weighted by Crippen LogP contribution is 2.34. The first-order valence-electron chi connectivity index (χ1n) is 16.4. The van der Waals surface area contributed by atoms with Crippen molar-refractivity contribution in [2.75, 3.05) is 24.5 Å². The van der Waals surface area contributed by atoms with Gasteiger partial charge in [-0.05, 0) is 67.8 Å². The van der Waals surface area contributed by atoms with Gasteiger partial charge < -0.3 is 20.3 Å². The minimum atomic E-state index is -0.983. The Hall–Kier alpha value is -4.91. The molecule has 4 aromatic rings. The number of hydrogen-bond acceptors (Lipinski definition) is 4. The molecule has 0 radical (unpaired) electrons. The average molecular weight is 619 g/mol. The van der Waals surface area contributed by atoms with Crippen LogP contribution in [-0.2, 0) is 9.59 Å². The minimum absolute atomic E-state index is 0.0782. The smallest absolute Gasteiger partial charge is 0.328 e. The molecule has 0 bridgehead atoms. The van der Waals surface area contributed by atoms with Crippen molar-refractivity contribution >= 4 is 29.7 Å². The fraction of sp³-hybridized carbons (Fsp3) is 0.308. The first-order valence-corrected chi connectivity index (χ1v) is 16.4. The van der Waals surface area contributed by atoms with Crippen molar-refractivity contribution in [1.82, 2.24) is 15.3 Å². The Kier molecular flexibility index (Phi) is 13.0. The molecule has 0 aliphatic rings. The lowest BCUT2D eigenvalue weighted by atomic mass is 10.0. The highest BCUT2D eigenvalue weighted by Gasteiger charge is 2.16. The zero-order valence-corrected chi connectivity index (χ0v) is 27.3. The van der Waals surface area contributed by atoms with E-state index >= 15 is 0 Å². The van der Waals surface area contributed by atoms with Gasteiger partial charge in [0.1, 0.15) is 5.82 Å². The van der Waals surface area contributed by atoms with Crippen LogP contribution in [0.25, 0.3) is 46.1 Å². The summed E-state index contributed by atoms with van der Waals surface area (Å²) in [4.78, 5) is 34.2. The van der Waals surface area contributed by atoms with Crippen molar-refractivity contribution in [3.05, 3.63) is 96.1 Å². The number of unbranched alkanes of at least 4 members (excludes halogenated alkanes) is 5. The molecule has 0 saturated carbocycles. The number of carbonyl (C=O) groups is 2. The highest BCUT2D eigenvalue weighted by molar-refractivity contribution is 5.92. The number of anilines is 1.